The largest absolute Gasteiger partial charge is 0.487 e. The number of anilines is 1. The molecule has 182 valence electrons. The highest BCUT2D eigenvalue weighted by Gasteiger charge is 2.36. The minimum absolute atomic E-state index is 0.00185. The zero-order chi connectivity index (χ0) is 26.0. The molecule has 0 bridgehead atoms. The molecule has 9 nitrogen and oxygen atoms in total. The van der Waals surface area contributed by atoms with Crippen LogP contribution >= 0.6 is 61.1 Å². The molecule has 0 atom stereocenters. The monoisotopic (exact) mass is 773 g/mol. The number of nitro groups is 1. The molecule has 36 heavy (non-hydrogen) atoms. The van der Waals surface area contributed by atoms with Gasteiger partial charge in [0.1, 0.15) is 17.9 Å². The fourth-order valence-corrected chi connectivity index (χ4v) is 5.71. The lowest BCUT2D eigenvalue weighted by atomic mass is 10.1. The van der Waals surface area contributed by atoms with Gasteiger partial charge in [-0.2, -0.15) is 0 Å². The Morgan fingerprint density at radius 2 is 1.61 bits per heavy atom. The van der Waals surface area contributed by atoms with Crippen LogP contribution in [0.15, 0.2) is 70.7 Å². The van der Waals surface area contributed by atoms with Crippen molar-refractivity contribution in [3.63, 3.8) is 0 Å². The second-order valence-electron chi connectivity index (χ2n) is 7.46. The SMILES string of the molecule is O=C1NC(=O)N(c2ccc(Br)cc2)C(=O)/C1=C/c1cc(I)c(OCc2ccc([N+](=O)[O-])cc2)c(I)c1. The smallest absolute Gasteiger partial charge is 0.335 e. The number of benzene rings is 3. The number of hydrogen-bond acceptors (Lipinski definition) is 6. The summed E-state index contributed by atoms with van der Waals surface area (Å²) in [5.74, 6) is -0.903. The lowest BCUT2D eigenvalue weighted by molar-refractivity contribution is -0.384. The summed E-state index contributed by atoms with van der Waals surface area (Å²) in [6.07, 6.45) is 1.43. The van der Waals surface area contributed by atoms with Gasteiger partial charge in [-0.15, -0.1) is 0 Å². The first-order chi connectivity index (χ1) is 17.1. The molecule has 1 fully saturated rings. The number of hydrogen-bond donors (Lipinski definition) is 1. The highest BCUT2D eigenvalue weighted by atomic mass is 127. The van der Waals surface area contributed by atoms with Crippen LogP contribution in [-0.4, -0.2) is 22.8 Å². The van der Waals surface area contributed by atoms with Crippen LogP contribution in [0.2, 0.25) is 0 Å². The standard InChI is InChI=1S/C24H14BrI2N3O6/c25-15-3-7-16(8-4-15)29-23(32)18(22(31)28-24(29)33)9-14-10-19(26)21(20(27)11-14)36-12-13-1-5-17(6-2-13)30(34)35/h1-11H,12H2,(H,28,31,33)/b18-9+. The third-order valence-corrected chi connectivity index (χ3v) is 7.18. The molecule has 0 radical (unpaired) electrons. The summed E-state index contributed by atoms with van der Waals surface area (Å²) in [6, 6.07) is 15.3. The van der Waals surface area contributed by atoms with Crippen molar-refractivity contribution in [1.82, 2.24) is 5.32 Å². The van der Waals surface area contributed by atoms with Crippen molar-refractivity contribution < 1.29 is 24.0 Å². The Hall–Kier alpha value is -2.85. The number of carbonyl (C=O) groups is 3. The maximum absolute atomic E-state index is 13.1. The topological polar surface area (TPSA) is 119 Å². The van der Waals surface area contributed by atoms with Gasteiger partial charge in [0.25, 0.3) is 17.5 Å². The van der Waals surface area contributed by atoms with Gasteiger partial charge in [-0.25, -0.2) is 9.69 Å². The Balaban J connectivity index is 1.57. The fraction of sp³-hybridized carbons (Fsp3) is 0.0417. The first-order valence-corrected chi connectivity index (χ1v) is 13.1. The van der Waals surface area contributed by atoms with E-state index in [1.54, 1.807) is 48.5 Å². The Morgan fingerprint density at radius 1 is 1.00 bits per heavy atom. The van der Waals surface area contributed by atoms with Crippen molar-refractivity contribution in [2.75, 3.05) is 4.90 Å². The van der Waals surface area contributed by atoms with Crippen LogP contribution in [-0.2, 0) is 16.2 Å². The number of barbiturate groups is 1. The predicted molar refractivity (Wildman–Crippen MR) is 152 cm³/mol. The Labute approximate surface area is 240 Å². The molecule has 3 aromatic rings. The molecule has 1 N–H and O–H groups in total. The van der Waals surface area contributed by atoms with E-state index in [9.17, 15) is 24.5 Å². The Morgan fingerprint density at radius 3 is 2.19 bits per heavy atom. The summed E-state index contributed by atoms with van der Waals surface area (Å²) in [5.41, 5.74) is 1.50. The number of carbonyl (C=O) groups excluding carboxylic acids is 3. The summed E-state index contributed by atoms with van der Waals surface area (Å²) in [6.45, 7) is 0.204. The van der Waals surface area contributed by atoms with Gasteiger partial charge in [0.05, 0.1) is 17.8 Å². The molecule has 0 saturated carbocycles. The molecule has 1 aliphatic rings. The Bertz CT molecular complexity index is 1400. The average molecular weight is 774 g/mol. The van der Waals surface area contributed by atoms with E-state index in [-0.39, 0.29) is 17.9 Å². The number of ether oxygens (including phenoxy) is 1. The third-order valence-electron chi connectivity index (χ3n) is 5.05. The first kappa shape index (κ1) is 26.2. The van der Waals surface area contributed by atoms with Crippen molar-refractivity contribution in [2.24, 2.45) is 0 Å². The number of amides is 4. The van der Waals surface area contributed by atoms with Crippen LogP contribution in [0, 0.1) is 17.3 Å². The van der Waals surface area contributed by atoms with Gasteiger partial charge in [0.15, 0.2) is 0 Å². The highest BCUT2D eigenvalue weighted by Crippen LogP contribution is 2.31. The quantitative estimate of drug-likeness (QED) is 0.111. The van der Waals surface area contributed by atoms with Crippen LogP contribution in [0.5, 0.6) is 5.75 Å². The van der Waals surface area contributed by atoms with Crippen molar-refractivity contribution >= 4 is 96.4 Å². The number of nitro benzene ring substituents is 1. The van der Waals surface area contributed by atoms with E-state index in [0.29, 0.717) is 17.0 Å². The molecular weight excluding hydrogens is 760 g/mol. The molecule has 4 rings (SSSR count). The minimum Gasteiger partial charge on any atom is -0.487 e. The fourth-order valence-electron chi connectivity index (χ4n) is 3.32. The molecule has 0 spiro atoms. The Kier molecular flexibility index (Phi) is 8.04. The van der Waals surface area contributed by atoms with Crippen molar-refractivity contribution in [1.29, 1.82) is 0 Å². The van der Waals surface area contributed by atoms with Gasteiger partial charge < -0.3 is 4.74 Å². The maximum atomic E-state index is 13.1. The van der Waals surface area contributed by atoms with E-state index in [1.807, 2.05) is 0 Å². The van der Waals surface area contributed by atoms with E-state index in [2.05, 4.69) is 66.4 Å². The molecule has 12 heteroatoms. The van der Waals surface area contributed by atoms with Crippen LogP contribution < -0.4 is 15.0 Å². The van der Waals surface area contributed by atoms with Gasteiger partial charge >= 0.3 is 6.03 Å². The number of halogens is 3. The van der Waals surface area contributed by atoms with Gasteiger partial charge in [-0.3, -0.25) is 25.0 Å². The zero-order valence-electron chi connectivity index (χ0n) is 18.0. The molecule has 4 amide bonds. The van der Waals surface area contributed by atoms with E-state index in [4.69, 9.17) is 4.74 Å². The van der Waals surface area contributed by atoms with Gasteiger partial charge in [-0.05, 0) is 111 Å². The number of imide groups is 2. The molecule has 1 saturated heterocycles. The van der Waals surface area contributed by atoms with E-state index in [0.717, 1.165) is 22.1 Å². The highest BCUT2D eigenvalue weighted by molar-refractivity contribution is 14.1. The summed E-state index contributed by atoms with van der Waals surface area (Å²) in [5, 5.41) is 13.0. The number of nitrogens with zero attached hydrogens (tertiary/aromatic N) is 2. The second-order valence-corrected chi connectivity index (χ2v) is 10.7. The molecule has 1 aliphatic heterocycles. The van der Waals surface area contributed by atoms with Crippen LogP contribution in [0.3, 0.4) is 0 Å². The molecular formula is C24H14BrI2N3O6. The normalized spacial score (nSPS) is 14.7. The summed E-state index contributed by atoms with van der Waals surface area (Å²) in [4.78, 5) is 49.2. The minimum atomic E-state index is -0.816. The summed E-state index contributed by atoms with van der Waals surface area (Å²) in [7, 11) is 0. The van der Waals surface area contributed by atoms with Crippen molar-refractivity contribution in [3.8, 4) is 5.75 Å². The molecule has 0 aromatic heterocycles. The zero-order valence-corrected chi connectivity index (χ0v) is 23.9. The molecule has 0 unspecified atom stereocenters. The van der Waals surface area contributed by atoms with Crippen LogP contribution in [0.1, 0.15) is 11.1 Å². The first-order valence-electron chi connectivity index (χ1n) is 10.2. The lowest BCUT2D eigenvalue weighted by Gasteiger charge is -2.26. The predicted octanol–water partition coefficient (Wildman–Crippen LogP) is 5.81. The third kappa shape index (κ3) is 5.75. The van der Waals surface area contributed by atoms with E-state index < -0.39 is 22.8 Å². The maximum Gasteiger partial charge on any atom is 0.335 e. The number of nitrogens with one attached hydrogen (secondary N) is 1. The van der Waals surface area contributed by atoms with Crippen LogP contribution in [0.4, 0.5) is 16.2 Å². The molecule has 3 aromatic carbocycles. The van der Waals surface area contributed by atoms with E-state index in [1.165, 1.54) is 18.2 Å². The van der Waals surface area contributed by atoms with Crippen molar-refractivity contribution in [3.05, 3.63) is 99.1 Å². The van der Waals surface area contributed by atoms with Crippen molar-refractivity contribution in [2.45, 2.75) is 6.61 Å². The van der Waals surface area contributed by atoms with Crippen LogP contribution in [0.25, 0.3) is 6.08 Å². The van der Waals surface area contributed by atoms with Gasteiger partial charge in [-0.1, -0.05) is 15.9 Å². The second kappa shape index (κ2) is 11.0. The summed E-state index contributed by atoms with van der Waals surface area (Å²) >= 11 is 7.49. The number of non-ortho nitro benzene ring substituents is 1. The average Bonchev–Trinajstić information content (AvgIpc) is 2.82. The molecule has 0 aliphatic carbocycles. The number of rotatable bonds is 6. The number of urea groups is 1. The summed E-state index contributed by atoms with van der Waals surface area (Å²) < 4.78 is 8.18. The van der Waals surface area contributed by atoms with Gasteiger partial charge in [0.2, 0.25) is 0 Å². The van der Waals surface area contributed by atoms with Gasteiger partial charge in [0, 0.05) is 16.6 Å². The molecule has 1 heterocycles. The lowest BCUT2D eigenvalue weighted by Crippen LogP contribution is -2.54. The van der Waals surface area contributed by atoms with E-state index >= 15 is 0 Å².